The summed E-state index contributed by atoms with van der Waals surface area (Å²) in [5, 5.41) is 14.2. The Bertz CT molecular complexity index is 417. The van der Waals surface area contributed by atoms with Gasteiger partial charge in [0.1, 0.15) is 5.75 Å². The Morgan fingerprint density at radius 1 is 1.42 bits per heavy atom. The molecule has 0 aliphatic heterocycles. The third-order valence-electron chi connectivity index (χ3n) is 2.84. The first kappa shape index (κ1) is 15.3. The number of hydrogen-bond acceptors (Lipinski definition) is 3. The van der Waals surface area contributed by atoms with Crippen LogP contribution in [-0.2, 0) is 0 Å². The molecule has 1 atom stereocenters. The summed E-state index contributed by atoms with van der Waals surface area (Å²) < 4.78 is 5.48. The highest BCUT2D eigenvalue weighted by atomic mass is 16.5. The van der Waals surface area contributed by atoms with Crippen LogP contribution < -0.4 is 15.4 Å². The van der Waals surface area contributed by atoms with Crippen LogP contribution in [0.2, 0.25) is 0 Å². The third-order valence-corrected chi connectivity index (χ3v) is 2.84. The topological polar surface area (TPSA) is 70.6 Å². The number of rotatable bonds is 6. The Balaban J connectivity index is 2.35. The molecule has 0 saturated carbocycles. The van der Waals surface area contributed by atoms with E-state index in [0.717, 1.165) is 11.3 Å². The maximum Gasteiger partial charge on any atom is 0.317 e. The lowest BCUT2D eigenvalue weighted by atomic mass is 10.1. The monoisotopic (exact) mass is 266 g/mol. The molecule has 0 saturated heterocycles. The number of nitrogens with one attached hydrogen (secondary N) is 2. The summed E-state index contributed by atoms with van der Waals surface area (Å²) >= 11 is 0. The number of urea groups is 1. The van der Waals surface area contributed by atoms with Crippen molar-refractivity contribution < 1.29 is 14.6 Å². The highest BCUT2D eigenvalue weighted by Gasteiger charge is 2.08. The number of carbonyl (C=O) groups excluding carboxylic acids is 1. The van der Waals surface area contributed by atoms with Crippen molar-refractivity contribution in [3.63, 3.8) is 0 Å². The van der Waals surface area contributed by atoms with Crippen LogP contribution in [0.3, 0.4) is 0 Å². The molecule has 0 aromatic heterocycles. The van der Waals surface area contributed by atoms with Crippen molar-refractivity contribution in [2.24, 2.45) is 0 Å². The maximum atomic E-state index is 11.5. The van der Waals surface area contributed by atoms with Crippen molar-refractivity contribution in [2.75, 3.05) is 13.3 Å². The van der Waals surface area contributed by atoms with Gasteiger partial charge in [0.15, 0.2) is 6.73 Å². The first-order valence-corrected chi connectivity index (χ1v) is 6.42. The van der Waals surface area contributed by atoms with Gasteiger partial charge in [-0.15, -0.1) is 0 Å². The van der Waals surface area contributed by atoms with Crippen LogP contribution >= 0.6 is 0 Å². The standard InChI is InChI=1S/C14H22N2O3/c1-4-12(8-17)16-14(18)15-9-19-13-6-5-10(2)7-11(13)3/h5-7,12,17H,4,8-9H2,1-3H3,(H2,15,16,18). The number of carbonyl (C=O) groups is 1. The minimum absolute atomic E-state index is 0.0676. The van der Waals surface area contributed by atoms with Crippen molar-refractivity contribution in [1.29, 1.82) is 0 Å². The zero-order valence-electron chi connectivity index (χ0n) is 11.7. The van der Waals surface area contributed by atoms with E-state index in [9.17, 15) is 4.79 Å². The first-order valence-electron chi connectivity index (χ1n) is 6.42. The average molecular weight is 266 g/mol. The lowest BCUT2D eigenvalue weighted by Crippen LogP contribution is -2.44. The molecule has 1 aromatic rings. The Hall–Kier alpha value is -1.75. The first-order chi connectivity index (χ1) is 9.06. The molecule has 19 heavy (non-hydrogen) atoms. The maximum absolute atomic E-state index is 11.5. The molecule has 0 spiro atoms. The summed E-state index contributed by atoms with van der Waals surface area (Å²) in [6.45, 7) is 5.90. The normalized spacial score (nSPS) is 11.8. The van der Waals surface area contributed by atoms with Crippen molar-refractivity contribution >= 4 is 6.03 Å². The van der Waals surface area contributed by atoms with Crippen molar-refractivity contribution in [3.8, 4) is 5.75 Å². The van der Waals surface area contributed by atoms with E-state index >= 15 is 0 Å². The summed E-state index contributed by atoms with van der Waals surface area (Å²) in [4.78, 5) is 11.5. The highest BCUT2D eigenvalue weighted by molar-refractivity contribution is 5.74. The summed E-state index contributed by atoms with van der Waals surface area (Å²) in [6.07, 6.45) is 0.682. The van der Waals surface area contributed by atoms with E-state index in [4.69, 9.17) is 9.84 Å². The molecule has 1 aromatic carbocycles. The molecule has 0 aliphatic rings. The van der Waals surface area contributed by atoms with Crippen LogP contribution in [0.4, 0.5) is 4.79 Å². The van der Waals surface area contributed by atoms with Gasteiger partial charge in [-0.3, -0.25) is 0 Å². The van der Waals surface area contributed by atoms with Gasteiger partial charge >= 0.3 is 6.03 Å². The molecule has 0 radical (unpaired) electrons. The molecular weight excluding hydrogens is 244 g/mol. The molecule has 3 N–H and O–H groups in total. The van der Waals surface area contributed by atoms with Crippen LogP contribution in [0.5, 0.6) is 5.75 Å². The summed E-state index contributed by atoms with van der Waals surface area (Å²) in [7, 11) is 0. The van der Waals surface area contributed by atoms with Crippen molar-refractivity contribution in [1.82, 2.24) is 10.6 Å². The van der Waals surface area contributed by atoms with E-state index in [1.165, 1.54) is 5.56 Å². The largest absolute Gasteiger partial charge is 0.473 e. The minimum Gasteiger partial charge on any atom is -0.473 e. The number of aliphatic hydroxyl groups is 1. The van der Waals surface area contributed by atoms with Crippen LogP contribution in [-0.4, -0.2) is 30.5 Å². The fraction of sp³-hybridized carbons (Fsp3) is 0.500. The minimum atomic E-state index is -0.342. The lowest BCUT2D eigenvalue weighted by Gasteiger charge is -2.15. The van der Waals surface area contributed by atoms with E-state index in [1.54, 1.807) is 0 Å². The molecule has 1 unspecified atom stereocenters. The SMILES string of the molecule is CCC(CO)NC(=O)NCOc1ccc(C)cc1C. The van der Waals surface area contributed by atoms with Crippen LogP contribution in [0, 0.1) is 13.8 Å². The number of benzene rings is 1. The molecule has 5 nitrogen and oxygen atoms in total. The van der Waals surface area contributed by atoms with E-state index in [1.807, 2.05) is 39.0 Å². The van der Waals surface area contributed by atoms with Gasteiger partial charge < -0.3 is 20.5 Å². The predicted octanol–water partition coefficient (Wildman–Crippen LogP) is 1.71. The van der Waals surface area contributed by atoms with E-state index < -0.39 is 0 Å². The molecule has 2 amide bonds. The quantitative estimate of drug-likeness (QED) is 0.686. The molecular formula is C14H22N2O3. The average Bonchev–Trinajstić information content (AvgIpc) is 2.38. The summed E-state index contributed by atoms with van der Waals surface area (Å²) in [5.74, 6) is 0.750. The predicted molar refractivity (Wildman–Crippen MR) is 74.2 cm³/mol. The molecule has 0 fully saturated rings. The third kappa shape index (κ3) is 5.18. The van der Waals surface area contributed by atoms with E-state index in [-0.39, 0.29) is 25.4 Å². The Morgan fingerprint density at radius 2 is 2.16 bits per heavy atom. The summed E-state index contributed by atoms with van der Waals surface area (Å²) in [6, 6.07) is 5.30. The van der Waals surface area contributed by atoms with Gasteiger partial charge in [0.2, 0.25) is 0 Å². The number of amides is 2. The highest BCUT2D eigenvalue weighted by Crippen LogP contribution is 2.18. The zero-order chi connectivity index (χ0) is 14.3. The van der Waals surface area contributed by atoms with Crippen molar-refractivity contribution in [3.05, 3.63) is 29.3 Å². The molecule has 0 heterocycles. The number of aliphatic hydroxyl groups excluding tert-OH is 1. The Labute approximate surface area is 114 Å². The summed E-state index contributed by atoms with van der Waals surface area (Å²) in [5.41, 5.74) is 2.20. The fourth-order valence-corrected chi connectivity index (χ4v) is 1.65. The second kappa shape index (κ2) is 7.63. The second-order valence-corrected chi connectivity index (χ2v) is 4.50. The fourth-order valence-electron chi connectivity index (χ4n) is 1.65. The van der Waals surface area contributed by atoms with Gasteiger partial charge in [-0.2, -0.15) is 0 Å². The van der Waals surface area contributed by atoms with Crippen LogP contribution in [0.25, 0.3) is 0 Å². The van der Waals surface area contributed by atoms with E-state index in [2.05, 4.69) is 10.6 Å². The Kier molecular flexibility index (Phi) is 6.15. The molecule has 0 bridgehead atoms. The van der Waals surface area contributed by atoms with Gasteiger partial charge in [-0.05, 0) is 31.9 Å². The lowest BCUT2D eigenvalue weighted by molar-refractivity contribution is 0.204. The van der Waals surface area contributed by atoms with E-state index in [0.29, 0.717) is 6.42 Å². The number of aryl methyl sites for hydroxylation is 2. The van der Waals surface area contributed by atoms with Crippen LogP contribution in [0.1, 0.15) is 24.5 Å². The number of hydrogen-bond donors (Lipinski definition) is 3. The van der Waals surface area contributed by atoms with Gasteiger partial charge in [-0.1, -0.05) is 24.6 Å². The zero-order valence-corrected chi connectivity index (χ0v) is 11.7. The van der Waals surface area contributed by atoms with Crippen molar-refractivity contribution in [2.45, 2.75) is 33.2 Å². The molecule has 0 aliphatic carbocycles. The van der Waals surface area contributed by atoms with Crippen LogP contribution in [0.15, 0.2) is 18.2 Å². The van der Waals surface area contributed by atoms with Gasteiger partial charge in [0, 0.05) is 0 Å². The smallest absolute Gasteiger partial charge is 0.317 e. The number of ether oxygens (including phenoxy) is 1. The molecule has 5 heteroatoms. The Morgan fingerprint density at radius 3 is 2.74 bits per heavy atom. The van der Waals surface area contributed by atoms with Gasteiger partial charge in [0.25, 0.3) is 0 Å². The second-order valence-electron chi connectivity index (χ2n) is 4.50. The van der Waals surface area contributed by atoms with Gasteiger partial charge in [-0.25, -0.2) is 4.79 Å². The molecule has 106 valence electrons. The van der Waals surface area contributed by atoms with Gasteiger partial charge in [0.05, 0.1) is 12.6 Å². The molecule has 1 rings (SSSR count).